The van der Waals surface area contributed by atoms with Gasteiger partial charge in [0.1, 0.15) is 0 Å². The minimum atomic E-state index is -0.549. The van der Waals surface area contributed by atoms with E-state index in [9.17, 15) is 9.90 Å². The van der Waals surface area contributed by atoms with Gasteiger partial charge < -0.3 is 9.84 Å². The van der Waals surface area contributed by atoms with Gasteiger partial charge in [-0.3, -0.25) is 0 Å². The highest BCUT2D eigenvalue weighted by Gasteiger charge is 2.29. The molecule has 0 atom stereocenters. The van der Waals surface area contributed by atoms with Gasteiger partial charge in [0, 0.05) is 16.6 Å². The number of esters is 1. The number of hydrogen-bond acceptors (Lipinski definition) is 3. The van der Waals surface area contributed by atoms with Crippen LogP contribution in [0.15, 0.2) is 60.7 Å². The maximum absolute atomic E-state index is 11.8. The summed E-state index contributed by atoms with van der Waals surface area (Å²) in [6, 6.07) is 15.0. The van der Waals surface area contributed by atoms with E-state index in [-0.39, 0.29) is 17.1 Å². The van der Waals surface area contributed by atoms with E-state index in [0.29, 0.717) is 0 Å². The molecule has 1 N–H and O–H groups in total. The number of carbonyl (C=O) groups is 1. The second kappa shape index (κ2) is 6.06. The van der Waals surface area contributed by atoms with Gasteiger partial charge in [-0.15, -0.1) is 0 Å². The number of rotatable bonds is 4. The van der Waals surface area contributed by atoms with Gasteiger partial charge >= 0.3 is 5.97 Å². The highest BCUT2D eigenvalue weighted by molar-refractivity contribution is 5.89. The van der Waals surface area contributed by atoms with Crippen LogP contribution >= 0.6 is 0 Å². The van der Waals surface area contributed by atoms with Crippen LogP contribution in [0.25, 0.3) is 0 Å². The quantitative estimate of drug-likeness (QED) is 0.522. The molecule has 0 amide bonds. The molecule has 22 heavy (non-hydrogen) atoms. The molecule has 2 aromatic carbocycles. The van der Waals surface area contributed by atoms with Crippen LogP contribution in [0.5, 0.6) is 11.5 Å². The molecule has 0 aliphatic carbocycles. The van der Waals surface area contributed by atoms with Gasteiger partial charge in [0.05, 0.1) is 0 Å². The van der Waals surface area contributed by atoms with Crippen LogP contribution in [-0.4, -0.2) is 11.1 Å². The summed E-state index contributed by atoms with van der Waals surface area (Å²) >= 11 is 0. The Hall–Kier alpha value is -2.55. The summed E-state index contributed by atoms with van der Waals surface area (Å²) in [5, 5.41) is 10.1. The van der Waals surface area contributed by atoms with Crippen molar-refractivity contribution in [2.75, 3.05) is 0 Å². The second-order valence-electron chi connectivity index (χ2n) is 5.81. The summed E-state index contributed by atoms with van der Waals surface area (Å²) in [6.07, 6.45) is 0. The smallest absolute Gasteiger partial charge is 0.338 e. The van der Waals surface area contributed by atoms with Crippen LogP contribution in [0, 0.1) is 0 Å². The molecule has 0 fully saturated rings. The molecule has 0 unspecified atom stereocenters. The SMILES string of the molecule is C=C(C)C(=O)Oc1c(O)cccc1C(C)(C)c1ccccc1. The summed E-state index contributed by atoms with van der Waals surface area (Å²) in [4.78, 5) is 11.8. The van der Waals surface area contributed by atoms with Gasteiger partial charge in [0.25, 0.3) is 0 Å². The van der Waals surface area contributed by atoms with E-state index in [4.69, 9.17) is 4.74 Å². The molecule has 0 aliphatic heterocycles. The Labute approximate surface area is 130 Å². The van der Waals surface area contributed by atoms with Crippen LogP contribution in [0.3, 0.4) is 0 Å². The van der Waals surface area contributed by atoms with Gasteiger partial charge in [0.15, 0.2) is 11.5 Å². The van der Waals surface area contributed by atoms with Crippen molar-refractivity contribution in [3.05, 3.63) is 71.8 Å². The highest BCUT2D eigenvalue weighted by atomic mass is 16.5. The first-order valence-electron chi connectivity index (χ1n) is 7.09. The lowest BCUT2D eigenvalue weighted by atomic mass is 9.77. The molecule has 0 radical (unpaired) electrons. The fourth-order valence-electron chi connectivity index (χ4n) is 2.31. The molecule has 0 saturated heterocycles. The fraction of sp³-hybridized carbons (Fsp3) is 0.211. The lowest BCUT2D eigenvalue weighted by Gasteiger charge is -2.28. The summed E-state index contributed by atoms with van der Waals surface area (Å²) in [5.41, 5.74) is 1.67. The van der Waals surface area contributed by atoms with E-state index in [1.165, 1.54) is 6.07 Å². The maximum Gasteiger partial charge on any atom is 0.338 e. The van der Waals surface area contributed by atoms with Crippen LogP contribution in [0.1, 0.15) is 31.9 Å². The van der Waals surface area contributed by atoms with E-state index < -0.39 is 11.4 Å². The van der Waals surface area contributed by atoms with Crippen molar-refractivity contribution in [2.45, 2.75) is 26.2 Å². The highest BCUT2D eigenvalue weighted by Crippen LogP contribution is 2.41. The van der Waals surface area contributed by atoms with Crippen LogP contribution in [-0.2, 0) is 10.2 Å². The summed E-state index contributed by atoms with van der Waals surface area (Å²) in [7, 11) is 0. The number of para-hydroxylation sites is 1. The Morgan fingerprint density at radius 2 is 1.73 bits per heavy atom. The molecule has 3 nitrogen and oxygen atoms in total. The molecule has 0 spiro atoms. The summed E-state index contributed by atoms with van der Waals surface area (Å²) < 4.78 is 5.36. The van der Waals surface area contributed by atoms with Crippen LogP contribution in [0.4, 0.5) is 0 Å². The van der Waals surface area contributed by atoms with E-state index in [2.05, 4.69) is 6.58 Å². The van der Waals surface area contributed by atoms with Crippen LogP contribution < -0.4 is 4.74 Å². The zero-order chi connectivity index (χ0) is 16.3. The van der Waals surface area contributed by atoms with Crippen molar-refractivity contribution in [2.24, 2.45) is 0 Å². The first-order chi connectivity index (χ1) is 10.3. The molecule has 0 saturated carbocycles. The Kier molecular flexibility index (Phi) is 4.36. The number of ether oxygens (including phenoxy) is 1. The minimum absolute atomic E-state index is 0.0592. The van der Waals surface area contributed by atoms with Crippen LogP contribution in [0.2, 0.25) is 0 Å². The van der Waals surface area contributed by atoms with Crippen molar-refractivity contribution in [3.8, 4) is 11.5 Å². The van der Waals surface area contributed by atoms with Crippen molar-refractivity contribution < 1.29 is 14.6 Å². The summed E-state index contributed by atoms with van der Waals surface area (Å²) in [5.74, 6) is -0.424. The van der Waals surface area contributed by atoms with E-state index >= 15 is 0 Å². The number of aromatic hydroxyl groups is 1. The predicted octanol–water partition coefficient (Wildman–Crippen LogP) is 4.20. The van der Waals surface area contributed by atoms with Crippen molar-refractivity contribution >= 4 is 5.97 Å². The van der Waals surface area contributed by atoms with E-state index in [0.717, 1.165) is 11.1 Å². The first-order valence-corrected chi connectivity index (χ1v) is 7.09. The molecule has 0 heterocycles. The number of hydrogen-bond donors (Lipinski definition) is 1. The summed E-state index contributed by atoms with van der Waals surface area (Å²) in [6.45, 7) is 9.19. The van der Waals surface area contributed by atoms with Gasteiger partial charge in [-0.1, -0.05) is 62.9 Å². The van der Waals surface area contributed by atoms with E-state index in [1.54, 1.807) is 13.0 Å². The Bertz CT molecular complexity index is 700. The zero-order valence-corrected chi connectivity index (χ0v) is 13.1. The third-order valence-electron chi connectivity index (χ3n) is 3.71. The Morgan fingerprint density at radius 1 is 1.09 bits per heavy atom. The largest absolute Gasteiger partial charge is 0.504 e. The van der Waals surface area contributed by atoms with Gasteiger partial charge in [-0.2, -0.15) is 0 Å². The Balaban J connectivity index is 2.54. The maximum atomic E-state index is 11.8. The first kappa shape index (κ1) is 15.8. The molecule has 3 heteroatoms. The monoisotopic (exact) mass is 296 g/mol. The standard InChI is InChI=1S/C19H20O3/c1-13(2)18(21)22-17-15(11-8-12-16(17)20)19(3,4)14-9-6-5-7-10-14/h5-12,20H,1H2,2-4H3. The average molecular weight is 296 g/mol. The average Bonchev–Trinajstić information content (AvgIpc) is 2.49. The fourth-order valence-corrected chi connectivity index (χ4v) is 2.31. The lowest BCUT2D eigenvalue weighted by Crippen LogP contribution is -2.21. The molecule has 114 valence electrons. The molecular weight excluding hydrogens is 276 g/mol. The number of phenols is 1. The van der Waals surface area contributed by atoms with Gasteiger partial charge in [-0.05, 0) is 18.6 Å². The zero-order valence-electron chi connectivity index (χ0n) is 13.1. The third-order valence-corrected chi connectivity index (χ3v) is 3.71. The normalized spacial score (nSPS) is 11.0. The molecule has 0 bridgehead atoms. The number of phenolic OH excluding ortho intramolecular Hbond substituents is 1. The molecule has 2 rings (SSSR count). The lowest BCUT2D eigenvalue weighted by molar-refractivity contribution is -0.130. The Morgan fingerprint density at radius 3 is 2.32 bits per heavy atom. The third kappa shape index (κ3) is 3.03. The number of carbonyl (C=O) groups excluding carboxylic acids is 1. The van der Waals surface area contributed by atoms with Crippen molar-refractivity contribution in [1.29, 1.82) is 0 Å². The minimum Gasteiger partial charge on any atom is -0.504 e. The molecule has 0 aromatic heterocycles. The van der Waals surface area contributed by atoms with Gasteiger partial charge in [0.2, 0.25) is 0 Å². The molecular formula is C19H20O3. The predicted molar refractivity (Wildman–Crippen MR) is 87.1 cm³/mol. The molecule has 2 aromatic rings. The van der Waals surface area contributed by atoms with Crippen molar-refractivity contribution in [3.63, 3.8) is 0 Å². The molecule has 0 aliphatic rings. The van der Waals surface area contributed by atoms with Gasteiger partial charge in [-0.25, -0.2) is 4.79 Å². The van der Waals surface area contributed by atoms with E-state index in [1.807, 2.05) is 50.2 Å². The second-order valence-corrected chi connectivity index (χ2v) is 5.81. The topological polar surface area (TPSA) is 46.5 Å². The number of benzene rings is 2. The van der Waals surface area contributed by atoms with Crippen molar-refractivity contribution in [1.82, 2.24) is 0 Å².